The molecule has 5 nitrogen and oxygen atoms in total. The zero-order chi connectivity index (χ0) is 6.27. The smallest absolute Gasteiger partial charge is 0.270 e. The standard InChI is InChI=1S/C4H4N4O/c9-8-4-5-1-2-7(4)3-6-8/h1-3,9H. The SMILES string of the molecule is On1ncn2ccnc12. The molecule has 9 heavy (non-hydrogen) atoms. The van der Waals surface area contributed by atoms with Gasteiger partial charge < -0.3 is 5.21 Å². The molecule has 0 saturated carbocycles. The van der Waals surface area contributed by atoms with Crippen LogP contribution in [0.25, 0.3) is 5.78 Å². The Morgan fingerprint density at radius 2 is 2.44 bits per heavy atom. The van der Waals surface area contributed by atoms with Crippen molar-refractivity contribution in [2.75, 3.05) is 0 Å². The van der Waals surface area contributed by atoms with E-state index in [4.69, 9.17) is 5.21 Å². The van der Waals surface area contributed by atoms with E-state index in [1.165, 1.54) is 6.33 Å². The van der Waals surface area contributed by atoms with Gasteiger partial charge in [0.05, 0.1) is 0 Å². The summed E-state index contributed by atoms with van der Waals surface area (Å²) in [5.41, 5.74) is 0. The molecule has 1 N–H and O–H groups in total. The molecule has 0 atom stereocenters. The number of rotatable bonds is 0. The van der Waals surface area contributed by atoms with Gasteiger partial charge in [-0.1, -0.05) is 4.85 Å². The fourth-order valence-electron chi connectivity index (χ4n) is 0.706. The fourth-order valence-corrected chi connectivity index (χ4v) is 0.706. The molecule has 5 heteroatoms. The number of nitrogens with zero attached hydrogens (tertiary/aromatic N) is 4. The number of aromatic nitrogens is 4. The monoisotopic (exact) mass is 124 g/mol. The summed E-state index contributed by atoms with van der Waals surface area (Å²) in [6.07, 6.45) is 4.76. The zero-order valence-corrected chi connectivity index (χ0v) is 4.47. The Morgan fingerprint density at radius 3 is 3.22 bits per heavy atom. The molecule has 0 aromatic carbocycles. The molecule has 2 aromatic rings. The van der Waals surface area contributed by atoms with Gasteiger partial charge in [0.25, 0.3) is 5.78 Å². The third kappa shape index (κ3) is 0.426. The first-order valence-electron chi connectivity index (χ1n) is 2.44. The van der Waals surface area contributed by atoms with Crippen LogP contribution in [0.1, 0.15) is 0 Å². The molecule has 0 aliphatic carbocycles. The lowest BCUT2D eigenvalue weighted by Gasteiger charge is -1.80. The van der Waals surface area contributed by atoms with Crippen LogP contribution in [0.3, 0.4) is 0 Å². The lowest BCUT2D eigenvalue weighted by atomic mass is 10.9. The van der Waals surface area contributed by atoms with E-state index in [1.807, 2.05) is 0 Å². The van der Waals surface area contributed by atoms with Crippen LogP contribution >= 0.6 is 0 Å². The number of hydrogen-bond donors (Lipinski definition) is 1. The first-order valence-corrected chi connectivity index (χ1v) is 2.44. The zero-order valence-electron chi connectivity index (χ0n) is 4.47. The van der Waals surface area contributed by atoms with Crippen molar-refractivity contribution < 1.29 is 5.21 Å². The Hall–Kier alpha value is -1.52. The summed E-state index contributed by atoms with van der Waals surface area (Å²) in [5, 5.41) is 12.4. The maximum absolute atomic E-state index is 8.82. The highest BCUT2D eigenvalue weighted by Crippen LogP contribution is 1.93. The van der Waals surface area contributed by atoms with Gasteiger partial charge in [-0.15, -0.1) is 5.10 Å². The predicted molar refractivity (Wildman–Crippen MR) is 28.2 cm³/mol. The van der Waals surface area contributed by atoms with Crippen molar-refractivity contribution in [3.05, 3.63) is 18.7 Å². The van der Waals surface area contributed by atoms with Crippen molar-refractivity contribution >= 4 is 5.78 Å². The van der Waals surface area contributed by atoms with Gasteiger partial charge in [-0.2, -0.15) is 0 Å². The Labute approximate surface area is 50.1 Å². The van der Waals surface area contributed by atoms with Crippen LogP contribution in [0.4, 0.5) is 0 Å². The van der Waals surface area contributed by atoms with E-state index < -0.39 is 0 Å². The lowest BCUT2D eigenvalue weighted by molar-refractivity contribution is 0.159. The molecule has 0 amide bonds. The Kier molecular flexibility index (Phi) is 0.606. The normalized spacial score (nSPS) is 10.7. The van der Waals surface area contributed by atoms with Crippen LogP contribution in [-0.2, 0) is 0 Å². The van der Waals surface area contributed by atoms with E-state index in [-0.39, 0.29) is 0 Å². The van der Waals surface area contributed by atoms with Crippen molar-refractivity contribution in [2.24, 2.45) is 0 Å². The van der Waals surface area contributed by atoms with Crippen LogP contribution in [0.15, 0.2) is 18.7 Å². The second-order valence-corrected chi connectivity index (χ2v) is 1.65. The molecular weight excluding hydrogens is 120 g/mol. The molecule has 2 heterocycles. The topological polar surface area (TPSA) is 55.3 Å². The van der Waals surface area contributed by atoms with E-state index in [0.717, 1.165) is 4.85 Å². The molecule has 46 valence electrons. The van der Waals surface area contributed by atoms with Gasteiger partial charge in [-0.3, -0.25) is 4.40 Å². The molecule has 0 fully saturated rings. The fraction of sp³-hybridized carbons (Fsp3) is 0. The van der Waals surface area contributed by atoms with Crippen LogP contribution in [0, 0.1) is 0 Å². The summed E-state index contributed by atoms with van der Waals surface area (Å²) in [4.78, 5) is 4.51. The molecule has 0 saturated heterocycles. The van der Waals surface area contributed by atoms with Crippen molar-refractivity contribution in [3.8, 4) is 0 Å². The molecular formula is C4H4N4O. The molecule has 2 aromatic heterocycles. The molecule has 2 rings (SSSR count). The molecule has 0 spiro atoms. The first kappa shape index (κ1) is 4.37. The van der Waals surface area contributed by atoms with Gasteiger partial charge in [0.2, 0.25) is 0 Å². The third-order valence-electron chi connectivity index (χ3n) is 1.11. The van der Waals surface area contributed by atoms with Crippen molar-refractivity contribution in [3.63, 3.8) is 0 Å². The van der Waals surface area contributed by atoms with Crippen molar-refractivity contribution in [2.45, 2.75) is 0 Å². The van der Waals surface area contributed by atoms with Gasteiger partial charge in [-0.25, -0.2) is 4.98 Å². The number of imidazole rings is 1. The highest BCUT2D eigenvalue weighted by Gasteiger charge is 1.97. The van der Waals surface area contributed by atoms with E-state index in [1.54, 1.807) is 16.8 Å². The summed E-state index contributed by atoms with van der Waals surface area (Å²) in [5.74, 6) is 0.426. The maximum atomic E-state index is 8.82. The first-order chi connectivity index (χ1) is 4.38. The number of fused-ring (bicyclic) bond motifs is 1. The quantitative estimate of drug-likeness (QED) is 0.493. The average molecular weight is 124 g/mol. The van der Waals surface area contributed by atoms with Gasteiger partial charge in [0, 0.05) is 12.4 Å². The minimum Gasteiger partial charge on any atom is -0.409 e. The van der Waals surface area contributed by atoms with Gasteiger partial charge in [0.1, 0.15) is 6.33 Å². The largest absolute Gasteiger partial charge is 0.409 e. The Bertz CT molecular complexity index is 322. The summed E-state index contributed by atoms with van der Waals surface area (Å²) in [6, 6.07) is 0. The van der Waals surface area contributed by atoms with Crippen molar-refractivity contribution in [1.29, 1.82) is 0 Å². The molecule has 0 aliphatic heterocycles. The van der Waals surface area contributed by atoms with Gasteiger partial charge >= 0.3 is 0 Å². The number of hydrogen-bond acceptors (Lipinski definition) is 3. The van der Waals surface area contributed by atoms with Gasteiger partial charge in [-0.05, 0) is 0 Å². The minimum atomic E-state index is 0.426. The molecule has 0 radical (unpaired) electrons. The second-order valence-electron chi connectivity index (χ2n) is 1.65. The predicted octanol–water partition coefficient (Wildman–Crippen LogP) is -0.232. The van der Waals surface area contributed by atoms with Crippen LogP contribution in [0.2, 0.25) is 0 Å². The molecule has 0 bridgehead atoms. The van der Waals surface area contributed by atoms with E-state index in [9.17, 15) is 0 Å². The van der Waals surface area contributed by atoms with Crippen LogP contribution < -0.4 is 0 Å². The molecule has 0 aliphatic rings. The summed E-state index contributed by atoms with van der Waals surface area (Å²) in [7, 11) is 0. The van der Waals surface area contributed by atoms with Crippen LogP contribution in [-0.4, -0.2) is 24.5 Å². The van der Waals surface area contributed by atoms with Gasteiger partial charge in [0.15, 0.2) is 0 Å². The van der Waals surface area contributed by atoms with E-state index >= 15 is 0 Å². The Morgan fingerprint density at radius 1 is 1.56 bits per heavy atom. The third-order valence-corrected chi connectivity index (χ3v) is 1.11. The maximum Gasteiger partial charge on any atom is 0.270 e. The Balaban J connectivity index is 2.99. The van der Waals surface area contributed by atoms with Crippen LogP contribution in [0.5, 0.6) is 0 Å². The second kappa shape index (κ2) is 1.25. The lowest BCUT2D eigenvalue weighted by Crippen LogP contribution is -1.91. The molecule has 0 unspecified atom stereocenters. The average Bonchev–Trinajstić information content (AvgIpc) is 2.35. The summed E-state index contributed by atoms with van der Waals surface area (Å²) >= 11 is 0. The highest BCUT2D eigenvalue weighted by molar-refractivity contribution is 5.24. The minimum absolute atomic E-state index is 0.426. The van der Waals surface area contributed by atoms with Crippen molar-refractivity contribution in [1.82, 2.24) is 19.3 Å². The summed E-state index contributed by atoms with van der Waals surface area (Å²) < 4.78 is 1.61. The summed E-state index contributed by atoms with van der Waals surface area (Å²) in [6.45, 7) is 0. The highest BCUT2D eigenvalue weighted by atomic mass is 16.5. The van der Waals surface area contributed by atoms with E-state index in [0.29, 0.717) is 5.78 Å². The van der Waals surface area contributed by atoms with E-state index in [2.05, 4.69) is 10.1 Å².